The molecule has 0 saturated carbocycles. The molecule has 2 aliphatic rings. The van der Waals surface area contributed by atoms with Crippen molar-refractivity contribution in [2.24, 2.45) is 11.8 Å². The molecule has 4 rings (SSSR count). The third kappa shape index (κ3) is 3.57. The van der Waals surface area contributed by atoms with Crippen LogP contribution >= 0.6 is 0 Å². The number of likely N-dealkylation sites (tertiary alicyclic amines) is 2. The summed E-state index contributed by atoms with van der Waals surface area (Å²) < 4.78 is 5.59. The Morgan fingerprint density at radius 1 is 1.03 bits per heavy atom. The number of imide groups is 1. The third-order valence-corrected chi connectivity index (χ3v) is 6.89. The van der Waals surface area contributed by atoms with Gasteiger partial charge in [-0.25, -0.2) is 4.79 Å². The molecule has 32 heavy (non-hydrogen) atoms. The van der Waals surface area contributed by atoms with Gasteiger partial charge in [-0.3, -0.25) is 19.4 Å². The van der Waals surface area contributed by atoms with Crippen LogP contribution in [0, 0.1) is 11.8 Å². The summed E-state index contributed by atoms with van der Waals surface area (Å²) in [6.07, 6.45) is 0.702. The average molecular weight is 435 g/mol. The topological polar surface area (TPSA) is 66.9 Å². The van der Waals surface area contributed by atoms with Crippen LogP contribution < -0.4 is 0 Å². The first-order valence-corrected chi connectivity index (χ1v) is 11.3. The predicted molar refractivity (Wildman–Crippen MR) is 120 cm³/mol. The quantitative estimate of drug-likeness (QED) is 0.647. The Morgan fingerprint density at radius 3 is 2.28 bits per heavy atom. The van der Waals surface area contributed by atoms with Gasteiger partial charge in [0.2, 0.25) is 5.91 Å². The molecule has 2 aromatic carbocycles. The fraction of sp³-hybridized carbons (Fsp3) is 0.423. The van der Waals surface area contributed by atoms with Crippen LogP contribution in [0.5, 0.6) is 0 Å². The predicted octanol–water partition coefficient (Wildman–Crippen LogP) is 4.56. The Balaban J connectivity index is 1.63. The van der Waals surface area contributed by atoms with Crippen LogP contribution in [0.2, 0.25) is 0 Å². The van der Waals surface area contributed by atoms with E-state index in [2.05, 4.69) is 0 Å². The van der Waals surface area contributed by atoms with Crippen LogP contribution in [0.3, 0.4) is 0 Å². The first kappa shape index (κ1) is 22.1. The fourth-order valence-corrected chi connectivity index (χ4v) is 4.78. The van der Waals surface area contributed by atoms with Gasteiger partial charge in [0, 0.05) is 12.5 Å². The Kier molecular flexibility index (Phi) is 6.04. The Labute approximate surface area is 189 Å². The van der Waals surface area contributed by atoms with Gasteiger partial charge in [0.1, 0.15) is 6.61 Å². The Hall–Kier alpha value is -3.15. The van der Waals surface area contributed by atoms with Gasteiger partial charge in [-0.2, -0.15) is 0 Å². The molecule has 0 aliphatic carbocycles. The molecule has 2 heterocycles. The van der Waals surface area contributed by atoms with E-state index in [1.807, 2.05) is 81.4 Å². The number of ether oxygens (including phenoxy) is 1. The summed E-state index contributed by atoms with van der Waals surface area (Å²) in [6, 6.07) is 18.5. The number of hydrogen-bond acceptors (Lipinski definition) is 4. The lowest BCUT2D eigenvalue weighted by Crippen LogP contribution is -2.75. The number of carbonyl (C=O) groups is 3. The summed E-state index contributed by atoms with van der Waals surface area (Å²) in [4.78, 5) is 42.9. The number of amides is 3. The van der Waals surface area contributed by atoms with Gasteiger partial charge in [0.15, 0.2) is 5.54 Å². The number of carbonyl (C=O) groups excluding carboxylic acids is 3. The number of β-lactam (4-membered cyclic amide) rings is 1. The highest BCUT2D eigenvalue weighted by Crippen LogP contribution is 2.53. The highest BCUT2D eigenvalue weighted by Gasteiger charge is 2.69. The molecule has 6 heteroatoms. The second-order valence-electron chi connectivity index (χ2n) is 9.08. The molecule has 2 saturated heterocycles. The number of benzene rings is 2. The molecule has 168 valence electrons. The summed E-state index contributed by atoms with van der Waals surface area (Å²) in [5, 5.41) is 0. The first-order chi connectivity index (χ1) is 15.4. The maximum Gasteiger partial charge on any atom is 0.411 e. The van der Waals surface area contributed by atoms with Crippen LogP contribution in [-0.4, -0.2) is 39.8 Å². The molecule has 3 unspecified atom stereocenters. The van der Waals surface area contributed by atoms with Crippen LogP contribution in [0.15, 0.2) is 60.7 Å². The molecule has 6 nitrogen and oxygen atoms in total. The van der Waals surface area contributed by atoms with Crippen molar-refractivity contribution in [1.29, 1.82) is 0 Å². The monoisotopic (exact) mass is 434 g/mol. The Morgan fingerprint density at radius 2 is 1.66 bits per heavy atom. The minimum Gasteiger partial charge on any atom is -0.445 e. The van der Waals surface area contributed by atoms with Crippen LogP contribution in [0.25, 0.3) is 0 Å². The van der Waals surface area contributed by atoms with Crippen molar-refractivity contribution < 1.29 is 19.1 Å². The Bertz CT molecular complexity index is 991. The van der Waals surface area contributed by atoms with Crippen molar-refractivity contribution in [3.05, 3.63) is 71.8 Å². The van der Waals surface area contributed by atoms with E-state index in [1.54, 1.807) is 4.90 Å². The van der Waals surface area contributed by atoms with Gasteiger partial charge < -0.3 is 4.74 Å². The van der Waals surface area contributed by atoms with E-state index in [0.717, 1.165) is 11.1 Å². The van der Waals surface area contributed by atoms with Gasteiger partial charge in [-0.1, -0.05) is 81.4 Å². The molecule has 1 spiro atoms. The molecule has 2 aromatic rings. The van der Waals surface area contributed by atoms with Crippen LogP contribution in [-0.2, 0) is 20.9 Å². The van der Waals surface area contributed by atoms with E-state index in [1.165, 1.54) is 4.90 Å². The lowest BCUT2D eigenvalue weighted by Gasteiger charge is -2.57. The van der Waals surface area contributed by atoms with Crippen molar-refractivity contribution >= 4 is 17.9 Å². The highest BCUT2D eigenvalue weighted by atomic mass is 16.6. The van der Waals surface area contributed by atoms with E-state index in [-0.39, 0.29) is 30.3 Å². The molecule has 0 radical (unpaired) electrons. The summed E-state index contributed by atoms with van der Waals surface area (Å²) in [5.74, 6) is -0.659. The highest BCUT2D eigenvalue weighted by molar-refractivity contribution is 6.09. The zero-order valence-electron chi connectivity index (χ0n) is 18.9. The van der Waals surface area contributed by atoms with E-state index in [9.17, 15) is 14.4 Å². The second-order valence-corrected chi connectivity index (χ2v) is 9.08. The lowest BCUT2D eigenvalue weighted by molar-refractivity contribution is -0.182. The molecule has 2 fully saturated rings. The van der Waals surface area contributed by atoms with Gasteiger partial charge in [0.05, 0.1) is 6.04 Å². The summed E-state index contributed by atoms with van der Waals surface area (Å²) >= 11 is 0. The maximum absolute atomic E-state index is 13.6. The van der Waals surface area contributed by atoms with E-state index in [4.69, 9.17) is 4.74 Å². The zero-order valence-corrected chi connectivity index (χ0v) is 18.9. The van der Waals surface area contributed by atoms with Gasteiger partial charge in [0.25, 0.3) is 5.91 Å². The number of nitrogens with zero attached hydrogens (tertiary/aromatic N) is 2. The second kappa shape index (κ2) is 8.77. The van der Waals surface area contributed by atoms with Gasteiger partial charge in [-0.15, -0.1) is 0 Å². The summed E-state index contributed by atoms with van der Waals surface area (Å²) in [5.41, 5.74) is 0.678. The van der Waals surface area contributed by atoms with E-state index < -0.39 is 17.7 Å². The third-order valence-electron chi connectivity index (χ3n) is 6.89. The molecular weight excluding hydrogens is 404 g/mol. The molecular formula is C26H30N2O4. The largest absolute Gasteiger partial charge is 0.445 e. The summed E-state index contributed by atoms with van der Waals surface area (Å²) in [6.45, 7) is 6.38. The summed E-state index contributed by atoms with van der Waals surface area (Å²) in [7, 11) is 0. The van der Waals surface area contributed by atoms with Crippen molar-refractivity contribution in [3.63, 3.8) is 0 Å². The van der Waals surface area contributed by atoms with Crippen molar-refractivity contribution in [1.82, 2.24) is 9.80 Å². The van der Waals surface area contributed by atoms with Crippen molar-refractivity contribution in [3.8, 4) is 0 Å². The normalized spacial score (nSPS) is 23.4. The number of hydrogen-bond donors (Lipinski definition) is 0. The van der Waals surface area contributed by atoms with Crippen molar-refractivity contribution in [2.45, 2.75) is 51.8 Å². The molecule has 0 N–H and O–H groups in total. The zero-order chi connectivity index (χ0) is 22.9. The molecule has 0 aromatic heterocycles. The average Bonchev–Trinajstić information content (AvgIpc) is 3.28. The number of rotatable bonds is 5. The first-order valence-electron chi connectivity index (χ1n) is 11.3. The van der Waals surface area contributed by atoms with Crippen LogP contribution in [0.1, 0.15) is 50.8 Å². The van der Waals surface area contributed by atoms with Crippen LogP contribution in [0.4, 0.5) is 4.79 Å². The minimum atomic E-state index is -1.07. The van der Waals surface area contributed by atoms with Gasteiger partial charge >= 0.3 is 6.09 Å². The minimum absolute atomic E-state index is 0.110. The smallest absolute Gasteiger partial charge is 0.411 e. The maximum atomic E-state index is 13.6. The molecule has 0 bridgehead atoms. The van der Waals surface area contributed by atoms with Crippen molar-refractivity contribution in [2.75, 3.05) is 6.54 Å². The molecule has 3 atom stereocenters. The van der Waals surface area contributed by atoms with E-state index in [0.29, 0.717) is 19.4 Å². The standard InChI is InChI=1S/C26H30N2O4/c1-18(2)19(3)23(29)28-22(21-13-8-5-9-14-21)26(24(28)30)15-10-16-27(26)25(31)32-17-20-11-6-4-7-12-20/h4-9,11-14,18-19,22H,10,15-17H2,1-3H3. The lowest BCUT2D eigenvalue weighted by atomic mass is 9.72. The molecule has 2 aliphatic heterocycles. The molecule has 3 amide bonds. The van der Waals surface area contributed by atoms with Gasteiger partial charge in [-0.05, 0) is 29.9 Å². The SMILES string of the molecule is CC(C)C(C)C(=O)N1C(=O)C2(CCCN2C(=O)OCc2ccccc2)C1c1ccccc1. The van der Waals surface area contributed by atoms with E-state index >= 15 is 0 Å². The fourth-order valence-electron chi connectivity index (χ4n) is 4.78.